The van der Waals surface area contributed by atoms with E-state index in [1.165, 1.54) is 19.2 Å². The van der Waals surface area contributed by atoms with Crippen LogP contribution in [0.5, 0.6) is 0 Å². The fourth-order valence-corrected chi connectivity index (χ4v) is 3.69. The monoisotopic (exact) mass is 342 g/mol. The van der Waals surface area contributed by atoms with Crippen LogP contribution in [0.4, 0.5) is 0 Å². The lowest BCUT2D eigenvalue weighted by molar-refractivity contribution is 0.0596. The molecule has 6 nitrogen and oxygen atoms in total. The number of sulfonamides is 1. The predicted molar refractivity (Wildman–Crippen MR) is 89.9 cm³/mol. The number of nitrogens with one attached hydrogen (secondary N) is 1. The van der Waals surface area contributed by atoms with Crippen molar-refractivity contribution >= 4 is 16.0 Å². The Kier molecular flexibility index (Phi) is 7.18. The minimum absolute atomic E-state index is 0.0343. The summed E-state index contributed by atoms with van der Waals surface area (Å²) in [7, 11) is -2.55. The molecule has 0 bridgehead atoms. The molecule has 1 aromatic rings. The molecule has 0 unspecified atom stereocenters. The lowest BCUT2D eigenvalue weighted by Gasteiger charge is -2.30. The lowest BCUT2D eigenvalue weighted by atomic mass is 10.2. The Morgan fingerprint density at radius 3 is 2.26 bits per heavy atom. The second-order valence-corrected chi connectivity index (χ2v) is 7.55. The van der Waals surface area contributed by atoms with Gasteiger partial charge in [-0.15, -0.1) is 0 Å². The second-order valence-electron chi connectivity index (χ2n) is 5.81. The quantitative estimate of drug-likeness (QED) is 0.730. The highest BCUT2D eigenvalue weighted by atomic mass is 32.2. The molecule has 1 aromatic carbocycles. The van der Waals surface area contributed by atoms with Gasteiger partial charge in [-0.25, -0.2) is 17.9 Å². The summed E-state index contributed by atoms with van der Waals surface area (Å²) in [5.41, 5.74) is 0.0343. The lowest BCUT2D eigenvalue weighted by Crippen LogP contribution is -2.42. The fraction of sp³-hybridized carbons (Fsp3) is 0.562. The molecular formula is C16H26N2O4S. The van der Waals surface area contributed by atoms with E-state index in [2.05, 4.69) is 42.1 Å². The minimum atomic E-state index is -3.77. The molecule has 0 fully saturated rings. The molecule has 0 aromatic heterocycles. The maximum Gasteiger partial charge on any atom is 0.339 e. The van der Waals surface area contributed by atoms with Crippen molar-refractivity contribution in [3.8, 4) is 0 Å². The zero-order valence-corrected chi connectivity index (χ0v) is 15.2. The van der Waals surface area contributed by atoms with Crippen LogP contribution in [0.2, 0.25) is 0 Å². The van der Waals surface area contributed by atoms with Crippen LogP contribution < -0.4 is 4.72 Å². The van der Waals surface area contributed by atoms with E-state index < -0.39 is 16.0 Å². The van der Waals surface area contributed by atoms with Gasteiger partial charge in [-0.3, -0.25) is 4.90 Å². The van der Waals surface area contributed by atoms with Gasteiger partial charge in [0.15, 0.2) is 0 Å². The van der Waals surface area contributed by atoms with Crippen molar-refractivity contribution in [2.75, 3.05) is 20.2 Å². The van der Waals surface area contributed by atoms with Gasteiger partial charge in [-0.2, -0.15) is 0 Å². The maximum absolute atomic E-state index is 12.5. The Labute approximate surface area is 138 Å². The van der Waals surface area contributed by atoms with Gasteiger partial charge in [-0.1, -0.05) is 12.1 Å². The highest BCUT2D eigenvalue weighted by Gasteiger charge is 2.23. The molecule has 0 aliphatic heterocycles. The smallest absolute Gasteiger partial charge is 0.339 e. The van der Waals surface area contributed by atoms with Gasteiger partial charge in [0.2, 0.25) is 10.0 Å². The van der Waals surface area contributed by atoms with Gasteiger partial charge in [0.25, 0.3) is 0 Å². The minimum Gasteiger partial charge on any atom is -0.465 e. The number of carbonyl (C=O) groups is 1. The Hall–Kier alpha value is -1.44. The molecule has 130 valence electrons. The molecule has 7 heteroatoms. The SMILES string of the molecule is COC(=O)c1ccccc1S(=O)(=O)NCCN(C(C)C)C(C)C. The molecule has 0 radical (unpaired) electrons. The Bertz CT molecular complexity index is 619. The van der Waals surface area contributed by atoms with Gasteiger partial charge in [-0.05, 0) is 39.8 Å². The van der Waals surface area contributed by atoms with Gasteiger partial charge in [0.1, 0.15) is 0 Å². The molecular weight excluding hydrogens is 316 g/mol. The van der Waals surface area contributed by atoms with Crippen LogP contribution in [0.25, 0.3) is 0 Å². The molecule has 0 heterocycles. The van der Waals surface area contributed by atoms with Gasteiger partial charge in [0.05, 0.1) is 17.6 Å². The van der Waals surface area contributed by atoms with Crippen LogP contribution in [0, 0.1) is 0 Å². The third kappa shape index (κ3) is 5.30. The van der Waals surface area contributed by atoms with Crippen molar-refractivity contribution in [3.05, 3.63) is 29.8 Å². The summed E-state index contributed by atoms with van der Waals surface area (Å²) in [6.45, 7) is 9.15. The van der Waals surface area contributed by atoms with Gasteiger partial charge < -0.3 is 4.74 Å². The average molecular weight is 342 g/mol. The number of rotatable bonds is 8. The summed E-state index contributed by atoms with van der Waals surface area (Å²) in [5, 5.41) is 0. The molecule has 0 aliphatic rings. The van der Waals surface area contributed by atoms with Crippen LogP contribution in [0.1, 0.15) is 38.1 Å². The second kappa shape index (κ2) is 8.42. The van der Waals surface area contributed by atoms with Gasteiger partial charge in [0, 0.05) is 25.2 Å². The number of hydrogen-bond acceptors (Lipinski definition) is 5. The first kappa shape index (κ1) is 19.6. The van der Waals surface area contributed by atoms with Crippen LogP contribution in [0.15, 0.2) is 29.2 Å². The number of benzene rings is 1. The number of carbonyl (C=O) groups excluding carboxylic acids is 1. The van der Waals surface area contributed by atoms with E-state index in [1.54, 1.807) is 12.1 Å². The van der Waals surface area contributed by atoms with E-state index in [0.29, 0.717) is 18.6 Å². The summed E-state index contributed by atoms with van der Waals surface area (Å²) in [4.78, 5) is 13.8. The summed E-state index contributed by atoms with van der Waals surface area (Å²) in [6.07, 6.45) is 0. The summed E-state index contributed by atoms with van der Waals surface area (Å²) in [6, 6.07) is 6.66. The number of ether oxygens (including phenoxy) is 1. The Balaban J connectivity index is 2.87. The summed E-state index contributed by atoms with van der Waals surface area (Å²) >= 11 is 0. The number of methoxy groups -OCH3 is 1. The number of nitrogens with zero attached hydrogens (tertiary/aromatic N) is 1. The van der Waals surface area contributed by atoms with Crippen molar-refractivity contribution < 1.29 is 17.9 Å². The first-order chi connectivity index (χ1) is 10.7. The van der Waals surface area contributed by atoms with Crippen LogP contribution >= 0.6 is 0 Å². The largest absolute Gasteiger partial charge is 0.465 e. The summed E-state index contributed by atoms with van der Waals surface area (Å²) < 4.78 is 32.1. The van der Waals surface area contributed by atoms with E-state index in [4.69, 9.17) is 0 Å². The normalized spacial score (nSPS) is 12.2. The molecule has 0 saturated carbocycles. The summed E-state index contributed by atoms with van der Waals surface area (Å²) in [5.74, 6) is -0.669. The fourth-order valence-electron chi connectivity index (χ4n) is 2.48. The molecule has 0 atom stereocenters. The average Bonchev–Trinajstić information content (AvgIpc) is 2.50. The standard InChI is InChI=1S/C16H26N2O4S/c1-12(2)18(13(3)4)11-10-17-23(20,21)15-9-7-6-8-14(15)16(19)22-5/h6-9,12-13,17H,10-11H2,1-5H3. The molecule has 0 spiro atoms. The van der Waals surface area contributed by atoms with Crippen molar-refractivity contribution in [3.63, 3.8) is 0 Å². The first-order valence-corrected chi connectivity index (χ1v) is 9.11. The highest BCUT2D eigenvalue weighted by molar-refractivity contribution is 7.89. The molecule has 0 aliphatic carbocycles. The van der Waals surface area contributed by atoms with E-state index in [0.717, 1.165) is 0 Å². The molecule has 0 saturated heterocycles. The zero-order chi connectivity index (χ0) is 17.6. The van der Waals surface area contributed by atoms with Crippen LogP contribution in [-0.2, 0) is 14.8 Å². The van der Waals surface area contributed by atoms with Crippen molar-refractivity contribution in [1.29, 1.82) is 0 Å². The Morgan fingerprint density at radius 1 is 1.17 bits per heavy atom. The topological polar surface area (TPSA) is 75.7 Å². The predicted octanol–water partition coefficient (Wildman–Crippen LogP) is 1.87. The number of esters is 1. The van der Waals surface area contributed by atoms with E-state index in [-0.39, 0.29) is 17.0 Å². The van der Waals surface area contributed by atoms with E-state index in [1.807, 2.05) is 0 Å². The molecule has 23 heavy (non-hydrogen) atoms. The van der Waals surface area contributed by atoms with Gasteiger partial charge >= 0.3 is 5.97 Å². The van der Waals surface area contributed by atoms with E-state index >= 15 is 0 Å². The third-order valence-corrected chi connectivity index (χ3v) is 5.09. The third-order valence-electron chi connectivity index (χ3n) is 3.57. The number of hydrogen-bond donors (Lipinski definition) is 1. The van der Waals surface area contributed by atoms with Crippen molar-refractivity contribution in [2.24, 2.45) is 0 Å². The van der Waals surface area contributed by atoms with E-state index in [9.17, 15) is 13.2 Å². The zero-order valence-electron chi connectivity index (χ0n) is 14.4. The van der Waals surface area contributed by atoms with Crippen LogP contribution in [0.3, 0.4) is 0 Å². The molecule has 1 N–H and O–H groups in total. The van der Waals surface area contributed by atoms with Crippen LogP contribution in [-0.4, -0.2) is 51.6 Å². The molecule has 0 amide bonds. The van der Waals surface area contributed by atoms with Crippen molar-refractivity contribution in [2.45, 2.75) is 44.7 Å². The Morgan fingerprint density at radius 2 is 1.74 bits per heavy atom. The first-order valence-electron chi connectivity index (χ1n) is 7.63. The maximum atomic E-state index is 12.5. The highest BCUT2D eigenvalue weighted by Crippen LogP contribution is 2.16. The van der Waals surface area contributed by atoms with Crippen molar-refractivity contribution in [1.82, 2.24) is 9.62 Å². The molecule has 1 rings (SSSR count).